The molecule has 0 spiro atoms. The first-order valence-corrected chi connectivity index (χ1v) is 6.49. The molecule has 1 aromatic rings. The van der Waals surface area contributed by atoms with Gasteiger partial charge in [0.2, 0.25) is 0 Å². The average molecular weight is 277 g/mol. The second kappa shape index (κ2) is 7.43. The molecule has 5 nitrogen and oxygen atoms in total. The molecule has 0 radical (unpaired) electrons. The molecule has 1 amide bonds. The number of hydrogen-bond acceptors (Lipinski definition) is 4. The van der Waals surface area contributed by atoms with Crippen molar-refractivity contribution in [2.24, 2.45) is 5.92 Å². The number of Topliss-reactive ketones (excluding diaryl/α,β-unsaturated/α-hetero) is 1. The number of amides is 1. The van der Waals surface area contributed by atoms with E-state index in [0.717, 1.165) is 0 Å². The molecule has 0 fully saturated rings. The quantitative estimate of drug-likeness (QED) is 0.637. The van der Waals surface area contributed by atoms with Gasteiger partial charge in [0.25, 0.3) is 5.91 Å². The molecule has 0 unspecified atom stereocenters. The largest absolute Gasteiger partial charge is 0.427 e. The molecule has 1 aromatic carbocycles. The van der Waals surface area contributed by atoms with Crippen LogP contribution in [0.5, 0.6) is 5.75 Å². The van der Waals surface area contributed by atoms with Gasteiger partial charge in [-0.2, -0.15) is 0 Å². The lowest BCUT2D eigenvalue weighted by Gasteiger charge is -2.07. The van der Waals surface area contributed by atoms with Crippen LogP contribution in [-0.2, 0) is 9.59 Å². The smallest absolute Gasteiger partial charge is 0.308 e. The summed E-state index contributed by atoms with van der Waals surface area (Å²) in [4.78, 5) is 34.0. The Bertz CT molecular complexity index is 491. The van der Waals surface area contributed by atoms with E-state index in [9.17, 15) is 14.4 Å². The van der Waals surface area contributed by atoms with Gasteiger partial charge in [-0.25, -0.2) is 0 Å². The predicted octanol–water partition coefficient (Wildman–Crippen LogP) is 1.96. The van der Waals surface area contributed by atoms with Crippen LogP contribution >= 0.6 is 0 Å². The Morgan fingerprint density at radius 3 is 2.25 bits per heavy atom. The van der Waals surface area contributed by atoms with Gasteiger partial charge in [-0.1, -0.05) is 13.8 Å². The third-order valence-electron chi connectivity index (χ3n) is 2.68. The van der Waals surface area contributed by atoms with Gasteiger partial charge in [0.05, 0.1) is 0 Å². The van der Waals surface area contributed by atoms with Crippen molar-refractivity contribution in [3.05, 3.63) is 29.8 Å². The van der Waals surface area contributed by atoms with Crippen LogP contribution in [0.4, 0.5) is 0 Å². The number of carbonyl (C=O) groups excluding carboxylic acids is 3. The number of hydrogen-bond donors (Lipinski definition) is 1. The van der Waals surface area contributed by atoms with E-state index in [1.54, 1.807) is 24.3 Å². The molecule has 0 atom stereocenters. The highest BCUT2D eigenvalue weighted by Crippen LogP contribution is 2.12. The zero-order valence-electron chi connectivity index (χ0n) is 11.9. The lowest BCUT2D eigenvalue weighted by Crippen LogP contribution is -2.26. The fourth-order valence-electron chi connectivity index (χ4n) is 1.53. The van der Waals surface area contributed by atoms with Gasteiger partial charge in [-0.05, 0) is 24.3 Å². The van der Waals surface area contributed by atoms with Crippen molar-refractivity contribution in [3.63, 3.8) is 0 Å². The first kappa shape index (κ1) is 15.9. The maximum absolute atomic E-state index is 11.8. The molecule has 0 aliphatic carbocycles. The zero-order valence-corrected chi connectivity index (χ0v) is 11.9. The zero-order chi connectivity index (χ0) is 15.1. The summed E-state index contributed by atoms with van der Waals surface area (Å²) >= 11 is 0. The summed E-state index contributed by atoms with van der Waals surface area (Å²) in [6.45, 7) is 5.30. The summed E-state index contributed by atoms with van der Waals surface area (Å²) in [6, 6.07) is 6.24. The Kier molecular flexibility index (Phi) is 5.90. The second-order valence-corrected chi connectivity index (χ2v) is 4.74. The van der Waals surface area contributed by atoms with E-state index in [4.69, 9.17) is 4.74 Å². The third-order valence-corrected chi connectivity index (χ3v) is 2.68. The minimum absolute atomic E-state index is 0.0186. The van der Waals surface area contributed by atoms with Gasteiger partial charge in [0.15, 0.2) is 0 Å². The second-order valence-electron chi connectivity index (χ2n) is 4.74. The molecule has 0 aromatic heterocycles. The molecular formula is C15H19NO4. The van der Waals surface area contributed by atoms with E-state index in [0.29, 0.717) is 24.3 Å². The van der Waals surface area contributed by atoms with Crippen molar-refractivity contribution < 1.29 is 19.1 Å². The molecule has 108 valence electrons. The molecule has 1 N–H and O–H groups in total. The third kappa shape index (κ3) is 5.22. The normalized spacial score (nSPS) is 10.2. The SMILES string of the molecule is CC(=O)Oc1ccc(C(=O)NCCC(=O)C(C)C)cc1. The molecule has 1 rings (SSSR count). The van der Waals surface area contributed by atoms with Crippen LogP contribution in [0.2, 0.25) is 0 Å². The number of rotatable bonds is 6. The van der Waals surface area contributed by atoms with Crippen molar-refractivity contribution in [3.8, 4) is 5.75 Å². The topological polar surface area (TPSA) is 72.5 Å². The fourth-order valence-corrected chi connectivity index (χ4v) is 1.53. The molecule has 0 saturated carbocycles. The Hall–Kier alpha value is -2.17. The van der Waals surface area contributed by atoms with Gasteiger partial charge >= 0.3 is 5.97 Å². The van der Waals surface area contributed by atoms with E-state index in [1.165, 1.54) is 6.92 Å². The van der Waals surface area contributed by atoms with E-state index in [2.05, 4.69) is 5.32 Å². The maximum atomic E-state index is 11.8. The van der Waals surface area contributed by atoms with Gasteiger partial charge in [0, 0.05) is 31.4 Å². The standard InChI is InChI=1S/C15H19NO4/c1-10(2)14(18)8-9-16-15(19)12-4-6-13(7-5-12)20-11(3)17/h4-7,10H,8-9H2,1-3H3,(H,16,19). The molecule has 0 bridgehead atoms. The molecule has 0 aliphatic heterocycles. The highest BCUT2D eigenvalue weighted by atomic mass is 16.5. The summed E-state index contributed by atoms with van der Waals surface area (Å²) in [6.07, 6.45) is 0.328. The van der Waals surface area contributed by atoms with Crippen molar-refractivity contribution in [1.82, 2.24) is 5.32 Å². The lowest BCUT2D eigenvalue weighted by atomic mass is 10.1. The van der Waals surface area contributed by atoms with Crippen LogP contribution < -0.4 is 10.1 Å². The van der Waals surface area contributed by atoms with E-state index >= 15 is 0 Å². The average Bonchev–Trinajstić information content (AvgIpc) is 2.38. The van der Waals surface area contributed by atoms with Crippen molar-refractivity contribution in [1.29, 1.82) is 0 Å². The van der Waals surface area contributed by atoms with E-state index in [-0.39, 0.29) is 17.6 Å². The van der Waals surface area contributed by atoms with E-state index in [1.807, 2.05) is 13.8 Å². The van der Waals surface area contributed by atoms with Crippen LogP contribution in [0.3, 0.4) is 0 Å². The molecule has 0 heterocycles. The highest BCUT2D eigenvalue weighted by molar-refractivity contribution is 5.94. The maximum Gasteiger partial charge on any atom is 0.308 e. The molecular weight excluding hydrogens is 258 g/mol. The first-order chi connectivity index (χ1) is 9.40. The molecule has 0 aliphatic rings. The molecule has 20 heavy (non-hydrogen) atoms. The monoisotopic (exact) mass is 277 g/mol. The number of ketones is 1. The van der Waals surface area contributed by atoms with Crippen LogP contribution in [0.1, 0.15) is 37.6 Å². The number of esters is 1. The lowest BCUT2D eigenvalue weighted by molar-refractivity contribution is -0.131. The Labute approximate surface area is 118 Å². The van der Waals surface area contributed by atoms with Crippen molar-refractivity contribution in [2.75, 3.05) is 6.54 Å². The van der Waals surface area contributed by atoms with Gasteiger partial charge in [0.1, 0.15) is 11.5 Å². The Morgan fingerprint density at radius 1 is 1.15 bits per heavy atom. The van der Waals surface area contributed by atoms with Crippen molar-refractivity contribution in [2.45, 2.75) is 27.2 Å². The molecule has 0 saturated heterocycles. The van der Waals surface area contributed by atoms with Gasteiger partial charge in [-0.15, -0.1) is 0 Å². The summed E-state index contributed by atoms with van der Waals surface area (Å²) in [5.41, 5.74) is 0.456. The van der Waals surface area contributed by atoms with Crippen LogP contribution in [-0.4, -0.2) is 24.2 Å². The summed E-state index contributed by atoms with van der Waals surface area (Å²) < 4.78 is 4.87. The minimum Gasteiger partial charge on any atom is -0.427 e. The summed E-state index contributed by atoms with van der Waals surface area (Å²) in [5.74, 6) is -0.167. The Balaban J connectivity index is 2.47. The number of carbonyl (C=O) groups is 3. The summed E-state index contributed by atoms with van der Waals surface area (Å²) in [7, 11) is 0. The van der Waals surface area contributed by atoms with Crippen LogP contribution in [0, 0.1) is 5.92 Å². The minimum atomic E-state index is -0.408. The number of benzene rings is 1. The first-order valence-electron chi connectivity index (χ1n) is 6.49. The number of nitrogens with one attached hydrogen (secondary N) is 1. The van der Waals surface area contributed by atoms with Gasteiger partial charge < -0.3 is 10.1 Å². The van der Waals surface area contributed by atoms with E-state index < -0.39 is 5.97 Å². The van der Waals surface area contributed by atoms with Crippen molar-refractivity contribution >= 4 is 17.7 Å². The summed E-state index contributed by atoms with van der Waals surface area (Å²) in [5, 5.41) is 2.68. The Morgan fingerprint density at radius 2 is 1.75 bits per heavy atom. The van der Waals surface area contributed by atoms with Crippen LogP contribution in [0.25, 0.3) is 0 Å². The highest BCUT2D eigenvalue weighted by Gasteiger charge is 2.09. The van der Waals surface area contributed by atoms with Crippen LogP contribution in [0.15, 0.2) is 24.3 Å². The predicted molar refractivity (Wildman–Crippen MR) is 74.5 cm³/mol. The van der Waals surface area contributed by atoms with Gasteiger partial charge in [-0.3, -0.25) is 14.4 Å². The number of ether oxygens (including phenoxy) is 1. The fraction of sp³-hybridized carbons (Fsp3) is 0.400. The molecule has 5 heteroatoms.